The van der Waals surface area contributed by atoms with Crippen molar-refractivity contribution in [2.24, 2.45) is 5.73 Å². The van der Waals surface area contributed by atoms with Crippen LogP contribution in [0.2, 0.25) is 0 Å². The van der Waals surface area contributed by atoms with Gasteiger partial charge in [0.25, 0.3) is 0 Å². The first kappa shape index (κ1) is 12.3. The summed E-state index contributed by atoms with van der Waals surface area (Å²) in [6.45, 7) is 5.82. The zero-order chi connectivity index (χ0) is 12.4. The average molecular weight is 251 g/mol. The number of rotatable bonds is 2. The van der Waals surface area contributed by atoms with Crippen molar-refractivity contribution in [3.63, 3.8) is 0 Å². The third-order valence-corrected chi connectivity index (χ3v) is 3.05. The topological polar surface area (TPSA) is 51.4 Å². The number of nitrogens with zero attached hydrogens (tertiary/aromatic N) is 2. The quantitative estimate of drug-likeness (QED) is 0.804. The second kappa shape index (κ2) is 4.98. The summed E-state index contributed by atoms with van der Waals surface area (Å²) in [5, 5.41) is 0. The molecule has 0 saturated carbocycles. The molecular formula is C12H17N3OS. The predicted octanol–water partition coefficient (Wildman–Crippen LogP) is 1.33. The molecule has 2 rings (SSSR count). The van der Waals surface area contributed by atoms with Gasteiger partial charge < -0.3 is 15.4 Å². The van der Waals surface area contributed by atoms with E-state index in [1.165, 1.54) is 0 Å². The van der Waals surface area contributed by atoms with Gasteiger partial charge in [0.1, 0.15) is 4.99 Å². The molecule has 2 unspecified atom stereocenters. The van der Waals surface area contributed by atoms with Crippen LogP contribution in [-0.4, -0.2) is 35.3 Å². The Bertz CT molecular complexity index is 414. The van der Waals surface area contributed by atoms with E-state index >= 15 is 0 Å². The highest BCUT2D eigenvalue weighted by molar-refractivity contribution is 7.80. The predicted molar refractivity (Wildman–Crippen MR) is 72.3 cm³/mol. The lowest BCUT2D eigenvalue weighted by Gasteiger charge is -2.37. The minimum absolute atomic E-state index is 0.207. The van der Waals surface area contributed by atoms with Gasteiger partial charge in [-0.3, -0.25) is 4.98 Å². The highest BCUT2D eigenvalue weighted by atomic mass is 32.1. The van der Waals surface area contributed by atoms with Gasteiger partial charge in [-0.05, 0) is 19.9 Å². The van der Waals surface area contributed by atoms with Gasteiger partial charge in [-0.25, -0.2) is 0 Å². The number of morpholine rings is 1. The molecule has 0 amide bonds. The van der Waals surface area contributed by atoms with Crippen LogP contribution in [0, 0.1) is 0 Å². The molecule has 1 saturated heterocycles. The number of nitrogens with two attached hydrogens (primary N) is 1. The molecule has 1 aliphatic heterocycles. The van der Waals surface area contributed by atoms with Crippen molar-refractivity contribution < 1.29 is 4.74 Å². The van der Waals surface area contributed by atoms with Crippen LogP contribution < -0.4 is 10.6 Å². The molecule has 17 heavy (non-hydrogen) atoms. The standard InChI is InChI=1S/C12H17N3OS/c1-8-6-15(7-9(2)16-8)11-5-14-4-3-10(11)12(13)17/h3-5,8-9H,6-7H2,1-2H3,(H2,13,17). The fourth-order valence-electron chi connectivity index (χ4n) is 2.22. The van der Waals surface area contributed by atoms with Crippen LogP contribution >= 0.6 is 12.2 Å². The summed E-state index contributed by atoms with van der Waals surface area (Å²) in [7, 11) is 0. The third kappa shape index (κ3) is 2.73. The molecule has 2 atom stereocenters. The maximum absolute atomic E-state index is 5.74. The molecule has 0 bridgehead atoms. The van der Waals surface area contributed by atoms with E-state index in [9.17, 15) is 0 Å². The summed E-state index contributed by atoms with van der Waals surface area (Å²) in [4.78, 5) is 6.80. The van der Waals surface area contributed by atoms with Crippen molar-refractivity contribution in [1.29, 1.82) is 0 Å². The summed E-state index contributed by atoms with van der Waals surface area (Å²) in [5.74, 6) is 0. The molecule has 0 spiro atoms. The molecule has 4 nitrogen and oxygen atoms in total. The van der Waals surface area contributed by atoms with E-state index in [2.05, 4.69) is 23.7 Å². The summed E-state index contributed by atoms with van der Waals surface area (Å²) >= 11 is 5.07. The van der Waals surface area contributed by atoms with Crippen LogP contribution in [0.25, 0.3) is 0 Å². The van der Waals surface area contributed by atoms with E-state index in [1.807, 2.05) is 12.3 Å². The van der Waals surface area contributed by atoms with Gasteiger partial charge in [0.2, 0.25) is 0 Å². The van der Waals surface area contributed by atoms with Crippen molar-refractivity contribution in [2.45, 2.75) is 26.1 Å². The van der Waals surface area contributed by atoms with E-state index in [1.54, 1.807) is 6.20 Å². The van der Waals surface area contributed by atoms with Gasteiger partial charge >= 0.3 is 0 Å². The van der Waals surface area contributed by atoms with Crippen molar-refractivity contribution in [3.05, 3.63) is 24.0 Å². The van der Waals surface area contributed by atoms with Crippen molar-refractivity contribution in [2.75, 3.05) is 18.0 Å². The number of anilines is 1. The Morgan fingerprint density at radius 2 is 2.12 bits per heavy atom. The zero-order valence-electron chi connectivity index (χ0n) is 10.1. The molecule has 1 aromatic heterocycles. The smallest absolute Gasteiger partial charge is 0.106 e. The van der Waals surface area contributed by atoms with Crippen LogP contribution in [0.5, 0.6) is 0 Å². The van der Waals surface area contributed by atoms with Gasteiger partial charge in [-0.1, -0.05) is 12.2 Å². The van der Waals surface area contributed by atoms with Crippen molar-refractivity contribution in [1.82, 2.24) is 4.98 Å². The number of hydrogen-bond acceptors (Lipinski definition) is 4. The number of pyridine rings is 1. The SMILES string of the molecule is CC1CN(c2cnccc2C(N)=S)CC(C)O1. The van der Waals surface area contributed by atoms with Crippen LogP contribution in [0.15, 0.2) is 18.5 Å². The maximum atomic E-state index is 5.74. The third-order valence-electron chi connectivity index (χ3n) is 2.83. The molecule has 5 heteroatoms. The van der Waals surface area contributed by atoms with Crippen LogP contribution in [0.3, 0.4) is 0 Å². The van der Waals surface area contributed by atoms with Gasteiger partial charge in [-0.15, -0.1) is 0 Å². The molecule has 0 aliphatic carbocycles. The monoisotopic (exact) mass is 251 g/mol. The maximum Gasteiger partial charge on any atom is 0.106 e. The van der Waals surface area contributed by atoms with E-state index in [-0.39, 0.29) is 12.2 Å². The largest absolute Gasteiger partial charge is 0.389 e. The first-order valence-electron chi connectivity index (χ1n) is 5.72. The summed E-state index contributed by atoms with van der Waals surface area (Å²) < 4.78 is 5.71. The molecule has 1 fully saturated rings. The highest BCUT2D eigenvalue weighted by Gasteiger charge is 2.24. The Kier molecular flexibility index (Phi) is 3.59. The van der Waals surface area contributed by atoms with Gasteiger partial charge in [-0.2, -0.15) is 0 Å². The van der Waals surface area contributed by atoms with Crippen LogP contribution in [0.4, 0.5) is 5.69 Å². The molecule has 0 aromatic carbocycles. The van der Waals surface area contributed by atoms with E-state index in [0.29, 0.717) is 4.99 Å². The van der Waals surface area contributed by atoms with Crippen molar-refractivity contribution >= 4 is 22.9 Å². The Hall–Kier alpha value is -1.20. The normalized spacial score (nSPS) is 24.7. The fourth-order valence-corrected chi connectivity index (χ4v) is 2.39. The lowest BCUT2D eigenvalue weighted by atomic mass is 10.1. The Balaban J connectivity index is 2.30. The lowest BCUT2D eigenvalue weighted by molar-refractivity contribution is -0.00524. The van der Waals surface area contributed by atoms with Gasteiger partial charge in [0, 0.05) is 24.8 Å². The first-order chi connectivity index (χ1) is 8.08. The minimum Gasteiger partial charge on any atom is -0.389 e. The highest BCUT2D eigenvalue weighted by Crippen LogP contribution is 2.23. The lowest BCUT2D eigenvalue weighted by Crippen LogP contribution is -2.46. The number of hydrogen-bond donors (Lipinski definition) is 1. The molecule has 92 valence electrons. The number of ether oxygens (including phenoxy) is 1. The molecular weight excluding hydrogens is 234 g/mol. The average Bonchev–Trinajstić information content (AvgIpc) is 2.27. The molecule has 2 heterocycles. The number of thiocarbonyl (C=S) groups is 1. The molecule has 1 aliphatic rings. The Morgan fingerprint density at radius 3 is 2.71 bits per heavy atom. The van der Waals surface area contributed by atoms with Crippen molar-refractivity contribution in [3.8, 4) is 0 Å². The summed E-state index contributed by atoms with van der Waals surface area (Å²) in [6, 6.07) is 1.86. The van der Waals surface area contributed by atoms with E-state index < -0.39 is 0 Å². The van der Waals surface area contributed by atoms with E-state index in [0.717, 1.165) is 24.3 Å². The minimum atomic E-state index is 0.207. The fraction of sp³-hybridized carbons (Fsp3) is 0.500. The van der Waals surface area contributed by atoms with Crippen LogP contribution in [0.1, 0.15) is 19.4 Å². The number of aromatic nitrogens is 1. The molecule has 2 N–H and O–H groups in total. The zero-order valence-corrected chi connectivity index (χ0v) is 10.9. The second-order valence-electron chi connectivity index (χ2n) is 4.42. The molecule has 0 radical (unpaired) electrons. The second-order valence-corrected chi connectivity index (χ2v) is 4.86. The van der Waals surface area contributed by atoms with Crippen LogP contribution in [-0.2, 0) is 4.74 Å². The van der Waals surface area contributed by atoms with Gasteiger partial charge in [0.05, 0.1) is 24.1 Å². The summed E-state index contributed by atoms with van der Waals surface area (Å²) in [6.07, 6.45) is 3.95. The Labute approximate surface area is 107 Å². The first-order valence-corrected chi connectivity index (χ1v) is 6.13. The van der Waals surface area contributed by atoms with E-state index in [4.69, 9.17) is 22.7 Å². The molecule has 1 aromatic rings. The Morgan fingerprint density at radius 1 is 1.47 bits per heavy atom. The summed E-state index contributed by atoms with van der Waals surface area (Å²) in [5.41, 5.74) is 7.62. The van der Waals surface area contributed by atoms with Gasteiger partial charge in [0.15, 0.2) is 0 Å².